The Morgan fingerprint density at radius 3 is 2.48 bits per heavy atom. The van der Waals surface area contributed by atoms with Gasteiger partial charge < -0.3 is 4.74 Å². The molecule has 0 saturated heterocycles. The first kappa shape index (κ1) is 19.4. The Labute approximate surface area is 166 Å². The van der Waals surface area contributed by atoms with E-state index >= 15 is 0 Å². The van der Waals surface area contributed by atoms with Crippen LogP contribution in [-0.2, 0) is 14.8 Å². The first-order chi connectivity index (χ1) is 12.8. The van der Waals surface area contributed by atoms with E-state index in [1.54, 1.807) is 23.6 Å². The number of sulfonamides is 1. The molecule has 140 valence electrons. The molecule has 0 unspecified atom stereocenters. The largest absolute Gasteiger partial charge is 0.465 e. The fraction of sp³-hybridized carbons (Fsp3) is 0.105. The fourth-order valence-corrected chi connectivity index (χ4v) is 5.50. The van der Waals surface area contributed by atoms with E-state index in [2.05, 4.69) is 4.72 Å². The number of thiophene rings is 1. The van der Waals surface area contributed by atoms with Gasteiger partial charge >= 0.3 is 5.97 Å². The van der Waals surface area contributed by atoms with Crippen molar-refractivity contribution in [1.29, 1.82) is 0 Å². The summed E-state index contributed by atoms with van der Waals surface area (Å²) in [5.41, 5.74) is 2.48. The third kappa shape index (κ3) is 4.16. The zero-order valence-corrected chi connectivity index (χ0v) is 16.9. The fourth-order valence-electron chi connectivity index (χ4n) is 2.54. The third-order valence-corrected chi connectivity index (χ3v) is 6.61. The molecule has 1 aromatic heterocycles. The highest BCUT2D eigenvalue weighted by Crippen LogP contribution is 2.37. The number of aryl methyl sites for hydroxylation is 1. The summed E-state index contributed by atoms with van der Waals surface area (Å²) < 4.78 is 33.5. The number of hydrogen-bond donors (Lipinski definition) is 1. The van der Waals surface area contributed by atoms with Crippen molar-refractivity contribution in [3.05, 3.63) is 69.4 Å². The second-order valence-electron chi connectivity index (χ2n) is 5.78. The maximum Gasteiger partial charge on any atom is 0.349 e. The minimum Gasteiger partial charge on any atom is -0.465 e. The number of ether oxygens (including phenoxy) is 1. The summed E-state index contributed by atoms with van der Waals surface area (Å²) in [7, 11) is -2.84. The van der Waals surface area contributed by atoms with Gasteiger partial charge in [-0.1, -0.05) is 47.5 Å². The van der Waals surface area contributed by atoms with Gasteiger partial charge in [0.05, 0.1) is 12.8 Å². The first-order valence-electron chi connectivity index (χ1n) is 7.87. The molecule has 3 aromatic rings. The molecule has 5 nitrogen and oxygen atoms in total. The van der Waals surface area contributed by atoms with Crippen molar-refractivity contribution in [1.82, 2.24) is 0 Å². The first-order valence-corrected chi connectivity index (χ1v) is 10.6. The van der Waals surface area contributed by atoms with Crippen LogP contribution in [-0.4, -0.2) is 21.5 Å². The average Bonchev–Trinajstić information content (AvgIpc) is 3.07. The van der Waals surface area contributed by atoms with Crippen LogP contribution in [0.2, 0.25) is 5.02 Å². The summed E-state index contributed by atoms with van der Waals surface area (Å²) in [6, 6.07) is 13.7. The Kier molecular flexibility index (Phi) is 5.55. The predicted molar refractivity (Wildman–Crippen MR) is 108 cm³/mol. The van der Waals surface area contributed by atoms with Crippen molar-refractivity contribution in [2.45, 2.75) is 11.8 Å². The van der Waals surface area contributed by atoms with Crippen LogP contribution in [0.25, 0.3) is 11.1 Å². The minimum absolute atomic E-state index is 0.0163. The number of carbonyl (C=O) groups is 1. The normalized spacial score (nSPS) is 11.2. The predicted octanol–water partition coefficient (Wildman–Crippen LogP) is 4.96. The van der Waals surface area contributed by atoms with Gasteiger partial charge in [0, 0.05) is 16.0 Å². The van der Waals surface area contributed by atoms with Gasteiger partial charge in [0.2, 0.25) is 0 Å². The number of hydrogen-bond acceptors (Lipinski definition) is 5. The van der Waals surface area contributed by atoms with Gasteiger partial charge in [-0.2, -0.15) is 0 Å². The van der Waals surface area contributed by atoms with Gasteiger partial charge in [-0.3, -0.25) is 4.72 Å². The maximum absolute atomic E-state index is 13.1. The van der Waals surface area contributed by atoms with Crippen molar-refractivity contribution in [2.24, 2.45) is 0 Å². The molecule has 0 bridgehead atoms. The lowest BCUT2D eigenvalue weighted by Gasteiger charge is -2.11. The van der Waals surface area contributed by atoms with E-state index in [0.29, 0.717) is 21.8 Å². The molecule has 0 fully saturated rings. The molecule has 0 aliphatic carbocycles. The summed E-state index contributed by atoms with van der Waals surface area (Å²) >= 11 is 6.97. The molecule has 3 rings (SSSR count). The van der Waals surface area contributed by atoms with Crippen molar-refractivity contribution < 1.29 is 17.9 Å². The lowest BCUT2D eigenvalue weighted by atomic mass is 10.1. The molecule has 0 spiro atoms. The van der Waals surface area contributed by atoms with Gasteiger partial charge in [0.15, 0.2) is 0 Å². The van der Waals surface area contributed by atoms with Crippen LogP contribution in [0.15, 0.2) is 58.8 Å². The molecule has 2 aromatic carbocycles. The molecule has 0 saturated carbocycles. The van der Waals surface area contributed by atoms with Crippen molar-refractivity contribution in [2.75, 3.05) is 11.8 Å². The Morgan fingerprint density at radius 1 is 1.15 bits per heavy atom. The molecular weight excluding hydrogens is 406 g/mol. The van der Waals surface area contributed by atoms with E-state index in [1.807, 2.05) is 31.2 Å². The molecule has 0 aliphatic heterocycles. The van der Waals surface area contributed by atoms with Crippen LogP contribution >= 0.6 is 22.9 Å². The molecule has 0 atom stereocenters. The molecule has 8 heteroatoms. The van der Waals surface area contributed by atoms with E-state index in [-0.39, 0.29) is 9.77 Å². The number of benzene rings is 2. The monoisotopic (exact) mass is 421 g/mol. The number of anilines is 1. The number of methoxy groups -OCH3 is 1. The second kappa shape index (κ2) is 7.72. The molecule has 27 heavy (non-hydrogen) atoms. The summed E-state index contributed by atoms with van der Waals surface area (Å²) in [5.74, 6) is -0.704. The van der Waals surface area contributed by atoms with Crippen molar-refractivity contribution >= 4 is 44.6 Å². The molecule has 1 N–H and O–H groups in total. The van der Waals surface area contributed by atoms with E-state index < -0.39 is 16.0 Å². The Balaban J connectivity index is 2.15. The van der Waals surface area contributed by atoms with E-state index in [0.717, 1.165) is 16.9 Å². The number of carbonyl (C=O) groups excluding carboxylic acids is 1. The van der Waals surface area contributed by atoms with Crippen LogP contribution < -0.4 is 4.72 Å². The smallest absolute Gasteiger partial charge is 0.349 e. The van der Waals surface area contributed by atoms with E-state index in [9.17, 15) is 13.2 Å². The number of esters is 1. The van der Waals surface area contributed by atoms with Gasteiger partial charge in [-0.25, -0.2) is 13.2 Å². The maximum atomic E-state index is 13.1. The zero-order chi connectivity index (χ0) is 19.6. The second-order valence-corrected chi connectivity index (χ2v) is 8.72. The number of nitrogens with one attached hydrogen (secondary N) is 1. The third-order valence-electron chi connectivity index (χ3n) is 3.82. The molecular formula is C19H16ClNO4S2. The van der Waals surface area contributed by atoms with E-state index in [1.165, 1.54) is 13.2 Å². The summed E-state index contributed by atoms with van der Waals surface area (Å²) in [5, 5.41) is 2.04. The molecule has 0 amide bonds. The van der Waals surface area contributed by atoms with Gasteiger partial charge in [-0.15, -0.1) is 11.3 Å². The number of halogens is 1. The van der Waals surface area contributed by atoms with E-state index in [4.69, 9.17) is 16.3 Å². The molecule has 0 radical (unpaired) electrons. The van der Waals surface area contributed by atoms with Gasteiger partial charge in [0.25, 0.3) is 10.0 Å². The highest BCUT2D eigenvalue weighted by atomic mass is 35.5. The zero-order valence-electron chi connectivity index (χ0n) is 14.5. The van der Waals surface area contributed by atoms with Crippen LogP contribution in [0.5, 0.6) is 0 Å². The van der Waals surface area contributed by atoms with Crippen LogP contribution in [0.4, 0.5) is 5.69 Å². The Morgan fingerprint density at radius 2 is 1.85 bits per heavy atom. The summed E-state index contributed by atoms with van der Waals surface area (Å²) in [6.45, 7) is 1.94. The van der Waals surface area contributed by atoms with Crippen LogP contribution in [0, 0.1) is 6.92 Å². The quantitative estimate of drug-likeness (QED) is 0.590. The minimum atomic E-state index is -4.06. The van der Waals surface area contributed by atoms with Crippen molar-refractivity contribution in [3.8, 4) is 11.1 Å². The molecule has 0 aliphatic rings. The van der Waals surface area contributed by atoms with Crippen LogP contribution in [0.1, 0.15) is 15.2 Å². The van der Waals surface area contributed by atoms with Gasteiger partial charge in [-0.05, 0) is 30.7 Å². The van der Waals surface area contributed by atoms with Gasteiger partial charge in [0.1, 0.15) is 9.77 Å². The highest BCUT2D eigenvalue weighted by Gasteiger charge is 2.30. The average molecular weight is 422 g/mol. The van der Waals surface area contributed by atoms with Crippen LogP contribution in [0.3, 0.4) is 0 Å². The molecule has 1 heterocycles. The number of rotatable bonds is 5. The Hall–Kier alpha value is -2.35. The summed E-state index contributed by atoms with van der Waals surface area (Å²) in [4.78, 5) is 12.1. The standard InChI is InChI=1S/C19H16ClNO4S2/c1-12-6-8-13(9-7-12)16-11-26-17(19(22)25-2)18(16)27(23,24)21-15-5-3-4-14(20)10-15/h3-11,21H,1-2H3. The highest BCUT2D eigenvalue weighted by molar-refractivity contribution is 7.93. The lowest BCUT2D eigenvalue weighted by molar-refractivity contribution is 0.0602. The van der Waals surface area contributed by atoms with Crippen molar-refractivity contribution in [3.63, 3.8) is 0 Å². The topological polar surface area (TPSA) is 72.5 Å². The summed E-state index contributed by atoms with van der Waals surface area (Å²) in [6.07, 6.45) is 0. The lowest BCUT2D eigenvalue weighted by Crippen LogP contribution is -2.16. The SMILES string of the molecule is COC(=O)c1scc(-c2ccc(C)cc2)c1S(=O)(=O)Nc1cccc(Cl)c1. The Bertz CT molecular complexity index is 1090.